The number of rotatable bonds is 5. The Morgan fingerprint density at radius 3 is 2.65 bits per heavy atom. The lowest BCUT2D eigenvalue weighted by Crippen LogP contribution is -1.93. The molecule has 3 nitrogen and oxygen atoms in total. The van der Waals surface area contributed by atoms with E-state index in [-0.39, 0.29) is 0 Å². The molecular weight excluding hydrogens is 320 g/mol. The summed E-state index contributed by atoms with van der Waals surface area (Å²) < 4.78 is 11.8. The summed E-state index contributed by atoms with van der Waals surface area (Å²) in [5.41, 5.74) is 1.90. The molecule has 0 aliphatic heterocycles. The van der Waals surface area contributed by atoms with Crippen molar-refractivity contribution < 1.29 is 14.6 Å². The first-order valence-corrected chi connectivity index (χ1v) is 7.12. The fraction of sp³-hybridized carbons (Fsp3) is 0.250. The van der Waals surface area contributed by atoms with Crippen molar-refractivity contribution >= 4 is 15.9 Å². The normalized spacial score (nSPS) is 12.2. The highest BCUT2D eigenvalue weighted by Crippen LogP contribution is 2.32. The standard InChI is InChI=1S/C16H17BrO3/c1-11(18)13-6-7-16(15(17)9-13)20-14-5-3-4-12(8-14)10-19-2/h3-9,11,18H,10H2,1-2H3. The third-order valence-corrected chi connectivity index (χ3v) is 3.50. The summed E-state index contributed by atoms with van der Waals surface area (Å²) in [5, 5.41) is 9.55. The smallest absolute Gasteiger partial charge is 0.141 e. The molecule has 1 atom stereocenters. The van der Waals surface area contributed by atoms with Crippen LogP contribution in [-0.2, 0) is 11.3 Å². The summed E-state index contributed by atoms with van der Waals surface area (Å²) >= 11 is 3.46. The van der Waals surface area contributed by atoms with E-state index in [1.807, 2.05) is 42.5 Å². The minimum Gasteiger partial charge on any atom is -0.456 e. The van der Waals surface area contributed by atoms with Gasteiger partial charge in [0, 0.05) is 7.11 Å². The van der Waals surface area contributed by atoms with Crippen LogP contribution < -0.4 is 4.74 Å². The Morgan fingerprint density at radius 1 is 1.20 bits per heavy atom. The molecule has 0 bridgehead atoms. The van der Waals surface area contributed by atoms with Gasteiger partial charge in [0.2, 0.25) is 0 Å². The lowest BCUT2D eigenvalue weighted by atomic mass is 10.1. The molecule has 2 rings (SSSR count). The number of benzene rings is 2. The van der Waals surface area contributed by atoms with Gasteiger partial charge in [-0.3, -0.25) is 0 Å². The Morgan fingerprint density at radius 2 is 2.00 bits per heavy atom. The molecule has 0 saturated heterocycles. The van der Waals surface area contributed by atoms with Crippen LogP contribution in [-0.4, -0.2) is 12.2 Å². The second-order valence-corrected chi connectivity index (χ2v) is 5.40. The van der Waals surface area contributed by atoms with Gasteiger partial charge in [0.1, 0.15) is 11.5 Å². The fourth-order valence-corrected chi connectivity index (χ4v) is 2.33. The van der Waals surface area contributed by atoms with E-state index in [4.69, 9.17) is 9.47 Å². The van der Waals surface area contributed by atoms with Crippen molar-refractivity contribution in [1.82, 2.24) is 0 Å². The molecule has 106 valence electrons. The van der Waals surface area contributed by atoms with Crippen molar-refractivity contribution in [3.05, 3.63) is 58.1 Å². The van der Waals surface area contributed by atoms with Crippen LogP contribution in [0.1, 0.15) is 24.2 Å². The Kier molecular flexibility index (Phi) is 5.17. The molecule has 20 heavy (non-hydrogen) atoms. The van der Waals surface area contributed by atoms with Gasteiger partial charge in [0.05, 0.1) is 17.2 Å². The molecule has 2 aromatic rings. The highest BCUT2D eigenvalue weighted by Gasteiger charge is 2.07. The Bertz CT molecular complexity index is 582. The number of hydrogen-bond donors (Lipinski definition) is 1. The second-order valence-electron chi connectivity index (χ2n) is 4.55. The van der Waals surface area contributed by atoms with Crippen LogP contribution in [0.15, 0.2) is 46.9 Å². The molecular formula is C16H17BrO3. The summed E-state index contributed by atoms with van der Waals surface area (Å²) in [7, 11) is 1.67. The van der Waals surface area contributed by atoms with Crippen molar-refractivity contribution in [2.24, 2.45) is 0 Å². The van der Waals surface area contributed by atoms with E-state index in [2.05, 4.69) is 15.9 Å². The van der Waals surface area contributed by atoms with Crippen LogP contribution in [0.2, 0.25) is 0 Å². The topological polar surface area (TPSA) is 38.7 Å². The highest BCUT2D eigenvalue weighted by molar-refractivity contribution is 9.10. The Balaban J connectivity index is 2.19. The van der Waals surface area contributed by atoms with E-state index >= 15 is 0 Å². The molecule has 2 aromatic carbocycles. The first kappa shape index (κ1) is 15.0. The van der Waals surface area contributed by atoms with E-state index in [1.165, 1.54) is 0 Å². The fourth-order valence-electron chi connectivity index (χ4n) is 1.85. The molecule has 0 aliphatic rings. The molecule has 0 heterocycles. The van der Waals surface area contributed by atoms with E-state index in [0.717, 1.165) is 21.3 Å². The Hall–Kier alpha value is -1.36. The summed E-state index contributed by atoms with van der Waals surface area (Å²) in [4.78, 5) is 0. The summed E-state index contributed by atoms with van der Waals surface area (Å²) in [6.07, 6.45) is -0.495. The molecule has 4 heteroatoms. The van der Waals surface area contributed by atoms with Crippen molar-refractivity contribution in [1.29, 1.82) is 0 Å². The molecule has 0 aromatic heterocycles. The summed E-state index contributed by atoms with van der Waals surface area (Å²) in [5.74, 6) is 1.47. The maximum absolute atomic E-state index is 9.55. The van der Waals surface area contributed by atoms with Gasteiger partial charge in [0.25, 0.3) is 0 Å². The quantitative estimate of drug-likeness (QED) is 0.877. The van der Waals surface area contributed by atoms with Gasteiger partial charge < -0.3 is 14.6 Å². The average molecular weight is 337 g/mol. The number of methoxy groups -OCH3 is 1. The molecule has 0 spiro atoms. The van der Waals surface area contributed by atoms with E-state index in [0.29, 0.717) is 12.4 Å². The van der Waals surface area contributed by atoms with Crippen LogP contribution in [0.25, 0.3) is 0 Å². The predicted octanol–water partition coefficient (Wildman–Crippen LogP) is 4.44. The van der Waals surface area contributed by atoms with Crippen LogP contribution in [0.5, 0.6) is 11.5 Å². The number of ether oxygens (including phenoxy) is 2. The number of aliphatic hydroxyl groups is 1. The largest absolute Gasteiger partial charge is 0.456 e. The summed E-state index contributed by atoms with van der Waals surface area (Å²) in [6, 6.07) is 13.3. The van der Waals surface area contributed by atoms with Gasteiger partial charge in [-0.15, -0.1) is 0 Å². The number of aliphatic hydroxyl groups excluding tert-OH is 1. The van der Waals surface area contributed by atoms with E-state index in [9.17, 15) is 5.11 Å². The van der Waals surface area contributed by atoms with Crippen molar-refractivity contribution in [2.45, 2.75) is 19.6 Å². The third kappa shape index (κ3) is 3.82. The SMILES string of the molecule is COCc1cccc(Oc2ccc(C(C)O)cc2Br)c1. The van der Waals surface area contributed by atoms with Crippen molar-refractivity contribution in [3.8, 4) is 11.5 Å². The first-order chi connectivity index (χ1) is 9.60. The van der Waals surface area contributed by atoms with Gasteiger partial charge in [0.15, 0.2) is 0 Å². The van der Waals surface area contributed by atoms with Crippen LogP contribution >= 0.6 is 15.9 Å². The highest BCUT2D eigenvalue weighted by atomic mass is 79.9. The van der Waals surface area contributed by atoms with E-state index < -0.39 is 6.10 Å². The zero-order valence-electron chi connectivity index (χ0n) is 11.5. The molecule has 1 N–H and O–H groups in total. The van der Waals surface area contributed by atoms with Crippen molar-refractivity contribution in [3.63, 3.8) is 0 Å². The van der Waals surface area contributed by atoms with Gasteiger partial charge in [-0.25, -0.2) is 0 Å². The number of hydrogen-bond acceptors (Lipinski definition) is 3. The summed E-state index contributed by atoms with van der Waals surface area (Å²) in [6.45, 7) is 2.29. The molecule has 0 saturated carbocycles. The van der Waals surface area contributed by atoms with Gasteiger partial charge in [-0.2, -0.15) is 0 Å². The van der Waals surface area contributed by atoms with Gasteiger partial charge in [-0.05, 0) is 58.2 Å². The second kappa shape index (κ2) is 6.88. The minimum absolute atomic E-state index is 0.495. The first-order valence-electron chi connectivity index (χ1n) is 6.33. The maximum atomic E-state index is 9.55. The zero-order chi connectivity index (χ0) is 14.5. The van der Waals surface area contributed by atoms with Crippen molar-refractivity contribution in [2.75, 3.05) is 7.11 Å². The lowest BCUT2D eigenvalue weighted by Gasteiger charge is -2.11. The van der Waals surface area contributed by atoms with Gasteiger partial charge >= 0.3 is 0 Å². The number of halogens is 1. The monoisotopic (exact) mass is 336 g/mol. The lowest BCUT2D eigenvalue weighted by molar-refractivity contribution is 0.184. The van der Waals surface area contributed by atoms with E-state index in [1.54, 1.807) is 14.0 Å². The van der Waals surface area contributed by atoms with Crippen LogP contribution in [0.4, 0.5) is 0 Å². The van der Waals surface area contributed by atoms with Gasteiger partial charge in [-0.1, -0.05) is 18.2 Å². The minimum atomic E-state index is -0.495. The molecule has 0 fully saturated rings. The average Bonchev–Trinajstić information content (AvgIpc) is 2.42. The van der Waals surface area contributed by atoms with Crippen LogP contribution in [0.3, 0.4) is 0 Å². The zero-order valence-corrected chi connectivity index (χ0v) is 13.1. The molecule has 0 radical (unpaired) electrons. The maximum Gasteiger partial charge on any atom is 0.141 e. The molecule has 0 amide bonds. The predicted molar refractivity (Wildman–Crippen MR) is 82.0 cm³/mol. The van der Waals surface area contributed by atoms with Crippen LogP contribution in [0, 0.1) is 0 Å². The molecule has 1 unspecified atom stereocenters. The third-order valence-electron chi connectivity index (χ3n) is 2.88. The Labute approximate surface area is 127 Å². The molecule has 0 aliphatic carbocycles.